The first kappa shape index (κ1) is 16.3. The number of nitrogens with two attached hydrogens (primary N) is 1. The summed E-state index contributed by atoms with van der Waals surface area (Å²) in [5, 5.41) is 12.0. The Morgan fingerprint density at radius 3 is 2.12 bits per heavy atom. The summed E-state index contributed by atoms with van der Waals surface area (Å²) in [5.41, 5.74) is 4.99. The minimum Gasteiger partial charge on any atom is -0.505 e. The van der Waals surface area contributed by atoms with Crippen LogP contribution in [0.4, 0.5) is 5.69 Å². The maximum Gasteiger partial charge on any atom is 0.243 e. The van der Waals surface area contributed by atoms with Gasteiger partial charge in [0.1, 0.15) is 0 Å². The highest BCUT2D eigenvalue weighted by Crippen LogP contribution is 2.34. The van der Waals surface area contributed by atoms with Gasteiger partial charge in [-0.05, 0) is 26.0 Å². The van der Waals surface area contributed by atoms with E-state index in [-0.39, 0.29) is 34.1 Å². The average Bonchev–Trinajstić information content (AvgIpc) is 2.12. The fraction of sp³-hybridized carbons (Fsp3) is 0.300. The van der Waals surface area contributed by atoms with E-state index in [1.54, 1.807) is 13.8 Å². The normalized spacial score (nSPS) is 10.6. The van der Waals surface area contributed by atoms with Gasteiger partial charge in [-0.25, -0.2) is 0 Å². The Balaban J connectivity index is 0.00000256. The summed E-state index contributed by atoms with van der Waals surface area (Å²) in [6, 6.07) is 2.79. The number of phenolic OH excluding ortho intramolecular Hbond substituents is 1. The molecule has 0 heterocycles. The van der Waals surface area contributed by atoms with Crippen LogP contribution >= 0.6 is 35.6 Å². The molecule has 0 bridgehead atoms. The van der Waals surface area contributed by atoms with Crippen molar-refractivity contribution in [3.05, 3.63) is 22.2 Å². The molecule has 0 aliphatic heterocycles. The summed E-state index contributed by atoms with van der Waals surface area (Å²) in [6.45, 7) is 3.15. The predicted molar refractivity (Wildman–Crippen MR) is 72.3 cm³/mol. The molecule has 0 aromatic heterocycles. The molecule has 0 saturated carbocycles. The van der Waals surface area contributed by atoms with Crippen LogP contribution in [0, 0.1) is 0 Å². The minimum absolute atomic E-state index is 0. The second-order valence-corrected chi connectivity index (χ2v) is 4.78. The Labute approximate surface area is 115 Å². The molecule has 96 valence electrons. The molecule has 7 heteroatoms. The van der Waals surface area contributed by atoms with Crippen molar-refractivity contribution >= 4 is 47.2 Å². The lowest BCUT2D eigenvalue weighted by Crippen LogP contribution is -2.45. The molecule has 0 atom stereocenters. The summed E-state index contributed by atoms with van der Waals surface area (Å²) in [7, 11) is 0. The van der Waals surface area contributed by atoms with E-state index in [1.165, 1.54) is 12.1 Å². The molecule has 0 fully saturated rings. The molecule has 0 unspecified atom stereocenters. The summed E-state index contributed by atoms with van der Waals surface area (Å²) in [4.78, 5) is 11.6. The maximum absolute atomic E-state index is 11.6. The number of hydrogen-bond donors (Lipinski definition) is 3. The van der Waals surface area contributed by atoms with Crippen LogP contribution in [0.1, 0.15) is 13.8 Å². The van der Waals surface area contributed by atoms with Crippen LogP contribution in [-0.4, -0.2) is 16.6 Å². The number of hydrogen-bond acceptors (Lipinski definition) is 3. The Bertz CT molecular complexity index is 407. The monoisotopic (exact) mass is 298 g/mol. The van der Waals surface area contributed by atoms with Gasteiger partial charge in [0, 0.05) is 5.69 Å². The van der Waals surface area contributed by atoms with E-state index in [0.717, 1.165) is 0 Å². The molecule has 0 saturated heterocycles. The van der Waals surface area contributed by atoms with E-state index < -0.39 is 5.54 Å². The third-order valence-corrected chi connectivity index (χ3v) is 2.44. The molecule has 4 nitrogen and oxygen atoms in total. The fourth-order valence-corrected chi connectivity index (χ4v) is 1.42. The van der Waals surface area contributed by atoms with E-state index in [9.17, 15) is 9.90 Å². The number of rotatable bonds is 2. The smallest absolute Gasteiger partial charge is 0.243 e. The Kier molecular flexibility index (Phi) is 5.55. The molecule has 1 aromatic carbocycles. The standard InChI is InChI=1S/C10H12Cl2N2O2.ClH/c1-10(2,13)9(16)14-5-3-6(11)8(15)7(12)4-5;/h3-4,15H,13H2,1-2H3,(H,14,16);1H. The van der Waals surface area contributed by atoms with Crippen molar-refractivity contribution in [1.29, 1.82) is 0 Å². The average molecular weight is 300 g/mol. The van der Waals surface area contributed by atoms with Crippen molar-refractivity contribution in [2.45, 2.75) is 19.4 Å². The minimum atomic E-state index is -1.00. The van der Waals surface area contributed by atoms with Gasteiger partial charge < -0.3 is 16.2 Å². The number of nitrogens with one attached hydrogen (secondary N) is 1. The van der Waals surface area contributed by atoms with Gasteiger partial charge in [-0.15, -0.1) is 12.4 Å². The third-order valence-electron chi connectivity index (χ3n) is 1.86. The molecule has 1 amide bonds. The van der Waals surface area contributed by atoms with Gasteiger partial charge >= 0.3 is 0 Å². The van der Waals surface area contributed by atoms with Gasteiger partial charge in [-0.1, -0.05) is 23.2 Å². The van der Waals surface area contributed by atoms with E-state index in [2.05, 4.69) is 5.32 Å². The van der Waals surface area contributed by atoms with Gasteiger partial charge in [0.05, 0.1) is 15.6 Å². The van der Waals surface area contributed by atoms with Crippen molar-refractivity contribution in [2.75, 3.05) is 5.32 Å². The summed E-state index contributed by atoms with van der Waals surface area (Å²) < 4.78 is 0. The van der Waals surface area contributed by atoms with Crippen LogP contribution in [-0.2, 0) is 4.79 Å². The molecule has 0 radical (unpaired) electrons. The molecule has 1 rings (SSSR count). The number of amides is 1. The lowest BCUT2D eigenvalue weighted by Gasteiger charge is -2.18. The highest BCUT2D eigenvalue weighted by atomic mass is 35.5. The van der Waals surface area contributed by atoms with Crippen LogP contribution < -0.4 is 11.1 Å². The van der Waals surface area contributed by atoms with Crippen LogP contribution in [0.3, 0.4) is 0 Å². The van der Waals surface area contributed by atoms with E-state index in [4.69, 9.17) is 28.9 Å². The van der Waals surface area contributed by atoms with Gasteiger partial charge in [-0.3, -0.25) is 4.79 Å². The molecule has 4 N–H and O–H groups in total. The summed E-state index contributed by atoms with van der Waals surface area (Å²) in [5.74, 6) is -0.585. The van der Waals surface area contributed by atoms with Gasteiger partial charge in [0.2, 0.25) is 5.91 Å². The zero-order chi connectivity index (χ0) is 12.5. The number of phenols is 1. The summed E-state index contributed by atoms with van der Waals surface area (Å²) >= 11 is 11.4. The van der Waals surface area contributed by atoms with E-state index >= 15 is 0 Å². The molecular formula is C10H13Cl3N2O2. The quantitative estimate of drug-likeness (QED) is 0.735. The molecular weight excluding hydrogens is 286 g/mol. The maximum atomic E-state index is 11.6. The zero-order valence-electron chi connectivity index (χ0n) is 9.25. The SMILES string of the molecule is CC(C)(N)C(=O)Nc1cc(Cl)c(O)c(Cl)c1.Cl. The number of anilines is 1. The molecule has 0 spiro atoms. The predicted octanol–water partition coefficient (Wildman–Crippen LogP) is 2.80. The first-order valence-corrected chi connectivity index (χ1v) is 5.26. The van der Waals surface area contributed by atoms with Crippen LogP contribution in [0.15, 0.2) is 12.1 Å². The number of benzene rings is 1. The van der Waals surface area contributed by atoms with Crippen molar-refractivity contribution in [1.82, 2.24) is 0 Å². The Morgan fingerprint density at radius 1 is 1.35 bits per heavy atom. The lowest BCUT2D eigenvalue weighted by molar-refractivity contribution is -0.120. The van der Waals surface area contributed by atoms with E-state index in [0.29, 0.717) is 5.69 Å². The van der Waals surface area contributed by atoms with Crippen LogP contribution in [0.2, 0.25) is 10.0 Å². The number of aromatic hydroxyl groups is 1. The van der Waals surface area contributed by atoms with Gasteiger partial charge in [-0.2, -0.15) is 0 Å². The van der Waals surface area contributed by atoms with Crippen molar-refractivity contribution in [3.8, 4) is 5.75 Å². The summed E-state index contributed by atoms with van der Waals surface area (Å²) in [6.07, 6.45) is 0. The number of carbonyl (C=O) groups excluding carboxylic acids is 1. The lowest BCUT2D eigenvalue weighted by atomic mass is 10.1. The molecule has 0 aliphatic rings. The largest absolute Gasteiger partial charge is 0.505 e. The van der Waals surface area contributed by atoms with Crippen molar-refractivity contribution < 1.29 is 9.90 Å². The Hall–Kier alpha value is -0.680. The van der Waals surface area contributed by atoms with Gasteiger partial charge in [0.15, 0.2) is 5.75 Å². The van der Waals surface area contributed by atoms with E-state index in [1.807, 2.05) is 0 Å². The van der Waals surface area contributed by atoms with Crippen LogP contribution in [0.5, 0.6) is 5.75 Å². The topological polar surface area (TPSA) is 75.4 Å². The second kappa shape index (κ2) is 5.78. The third kappa shape index (κ3) is 4.24. The highest BCUT2D eigenvalue weighted by molar-refractivity contribution is 6.37. The zero-order valence-corrected chi connectivity index (χ0v) is 11.6. The first-order chi connectivity index (χ1) is 7.21. The molecule has 1 aromatic rings. The molecule has 0 aliphatic carbocycles. The van der Waals surface area contributed by atoms with Gasteiger partial charge in [0.25, 0.3) is 0 Å². The van der Waals surface area contributed by atoms with Crippen molar-refractivity contribution in [2.24, 2.45) is 5.73 Å². The molecule has 17 heavy (non-hydrogen) atoms. The second-order valence-electron chi connectivity index (χ2n) is 3.96. The van der Waals surface area contributed by atoms with Crippen LogP contribution in [0.25, 0.3) is 0 Å². The fourth-order valence-electron chi connectivity index (χ4n) is 0.930. The number of carbonyl (C=O) groups is 1. The van der Waals surface area contributed by atoms with Crippen molar-refractivity contribution in [3.63, 3.8) is 0 Å². The number of halogens is 3. The first-order valence-electron chi connectivity index (χ1n) is 4.50. The Morgan fingerprint density at radius 2 is 1.76 bits per heavy atom. The highest BCUT2D eigenvalue weighted by Gasteiger charge is 2.22.